The van der Waals surface area contributed by atoms with Gasteiger partial charge in [-0.2, -0.15) is 8.78 Å². The first-order valence-electron chi connectivity index (χ1n) is 5.71. The second-order valence-corrected chi connectivity index (χ2v) is 6.59. The van der Waals surface area contributed by atoms with Crippen molar-refractivity contribution in [3.8, 4) is 0 Å². The zero-order valence-corrected chi connectivity index (χ0v) is 12.1. The van der Waals surface area contributed by atoms with Crippen LogP contribution in [-0.2, 0) is 10.0 Å². The van der Waals surface area contributed by atoms with Gasteiger partial charge in [0.2, 0.25) is 0 Å². The standard InChI is InChI=1S/C13H10F3NO2S2/c14-9-5-1-4-8-12(9)21(18,19)17-10-6-2-3-7-11(10)20-13(15)16/h1-8,13,17H. The third-order valence-electron chi connectivity index (χ3n) is 2.47. The second kappa shape index (κ2) is 6.40. The van der Waals surface area contributed by atoms with E-state index in [2.05, 4.69) is 4.72 Å². The SMILES string of the molecule is O=S(=O)(Nc1ccccc1SC(F)F)c1ccccc1F. The average molecular weight is 333 g/mol. The Morgan fingerprint density at radius 1 is 1.00 bits per heavy atom. The van der Waals surface area contributed by atoms with Crippen molar-refractivity contribution in [1.29, 1.82) is 0 Å². The minimum Gasteiger partial charge on any atom is -0.278 e. The van der Waals surface area contributed by atoms with Crippen LogP contribution in [0.2, 0.25) is 0 Å². The lowest BCUT2D eigenvalue weighted by molar-refractivity contribution is 0.252. The number of rotatable bonds is 5. The quantitative estimate of drug-likeness (QED) is 0.843. The Balaban J connectivity index is 2.36. The molecule has 0 unspecified atom stereocenters. The zero-order valence-electron chi connectivity index (χ0n) is 10.5. The lowest BCUT2D eigenvalue weighted by Crippen LogP contribution is -2.15. The van der Waals surface area contributed by atoms with Gasteiger partial charge in [0.05, 0.1) is 5.69 Å². The number of sulfonamides is 1. The van der Waals surface area contributed by atoms with Crippen molar-refractivity contribution < 1.29 is 21.6 Å². The molecule has 0 atom stereocenters. The van der Waals surface area contributed by atoms with Gasteiger partial charge in [0, 0.05) is 4.90 Å². The van der Waals surface area contributed by atoms with Gasteiger partial charge in [0.1, 0.15) is 10.7 Å². The number of hydrogen-bond donors (Lipinski definition) is 1. The molecule has 0 saturated carbocycles. The first-order valence-corrected chi connectivity index (χ1v) is 8.07. The van der Waals surface area contributed by atoms with E-state index in [0.717, 1.165) is 12.1 Å². The molecule has 0 fully saturated rings. The van der Waals surface area contributed by atoms with Crippen LogP contribution in [0.25, 0.3) is 0 Å². The largest absolute Gasteiger partial charge is 0.288 e. The van der Waals surface area contributed by atoms with Crippen LogP contribution < -0.4 is 4.72 Å². The summed E-state index contributed by atoms with van der Waals surface area (Å²) in [5, 5.41) is 0. The minimum absolute atomic E-state index is 0.0222. The van der Waals surface area contributed by atoms with Crippen LogP contribution in [0.15, 0.2) is 58.3 Å². The third-order valence-corrected chi connectivity index (χ3v) is 4.66. The van der Waals surface area contributed by atoms with Crippen LogP contribution in [0, 0.1) is 5.82 Å². The van der Waals surface area contributed by atoms with E-state index in [9.17, 15) is 21.6 Å². The van der Waals surface area contributed by atoms with E-state index >= 15 is 0 Å². The minimum atomic E-state index is -4.19. The number of benzene rings is 2. The van der Waals surface area contributed by atoms with E-state index < -0.39 is 26.5 Å². The predicted octanol–water partition coefficient (Wildman–Crippen LogP) is 3.94. The molecule has 1 N–H and O–H groups in total. The van der Waals surface area contributed by atoms with Crippen molar-refractivity contribution in [2.75, 3.05) is 4.72 Å². The first kappa shape index (κ1) is 15.7. The normalized spacial score (nSPS) is 11.6. The predicted molar refractivity (Wildman–Crippen MR) is 75.5 cm³/mol. The van der Waals surface area contributed by atoms with Crippen LogP contribution in [0.1, 0.15) is 0 Å². The number of nitrogens with one attached hydrogen (secondary N) is 1. The van der Waals surface area contributed by atoms with Crippen molar-refractivity contribution in [1.82, 2.24) is 0 Å². The highest BCUT2D eigenvalue weighted by Gasteiger charge is 2.20. The highest BCUT2D eigenvalue weighted by Crippen LogP contribution is 2.33. The molecule has 0 radical (unpaired) electrons. The Labute approximate surface area is 124 Å². The molecule has 2 aromatic carbocycles. The molecule has 2 rings (SSSR count). The molecule has 8 heteroatoms. The summed E-state index contributed by atoms with van der Waals surface area (Å²) in [6.45, 7) is 0. The fourth-order valence-corrected chi connectivity index (χ4v) is 3.43. The maximum Gasteiger partial charge on any atom is 0.288 e. The highest BCUT2D eigenvalue weighted by molar-refractivity contribution is 7.99. The molecule has 21 heavy (non-hydrogen) atoms. The number of halogens is 3. The molecule has 0 aliphatic rings. The van der Waals surface area contributed by atoms with Crippen LogP contribution >= 0.6 is 11.8 Å². The van der Waals surface area contributed by atoms with Crippen LogP contribution in [0.4, 0.5) is 18.9 Å². The van der Waals surface area contributed by atoms with Gasteiger partial charge in [-0.05, 0) is 24.3 Å². The van der Waals surface area contributed by atoms with Gasteiger partial charge >= 0.3 is 0 Å². The van der Waals surface area contributed by atoms with Crippen molar-refractivity contribution in [3.05, 3.63) is 54.3 Å². The molecule has 2 aromatic rings. The Morgan fingerprint density at radius 3 is 2.29 bits per heavy atom. The van der Waals surface area contributed by atoms with Gasteiger partial charge in [0.25, 0.3) is 15.8 Å². The molecular weight excluding hydrogens is 323 g/mol. The Morgan fingerprint density at radius 2 is 1.62 bits per heavy atom. The molecule has 0 bridgehead atoms. The van der Waals surface area contributed by atoms with Gasteiger partial charge in [-0.1, -0.05) is 36.0 Å². The van der Waals surface area contributed by atoms with Crippen molar-refractivity contribution in [3.63, 3.8) is 0 Å². The Bertz CT molecular complexity index is 736. The number of alkyl halides is 2. The van der Waals surface area contributed by atoms with Gasteiger partial charge in [-0.15, -0.1) is 0 Å². The van der Waals surface area contributed by atoms with E-state index in [4.69, 9.17) is 0 Å². The molecule has 112 valence electrons. The lowest BCUT2D eigenvalue weighted by Gasteiger charge is -2.12. The molecule has 0 amide bonds. The van der Waals surface area contributed by atoms with E-state index in [0.29, 0.717) is 0 Å². The third kappa shape index (κ3) is 3.92. The monoisotopic (exact) mass is 333 g/mol. The van der Waals surface area contributed by atoms with Crippen LogP contribution in [0.5, 0.6) is 0 Å². The molecular formula is C13H10F3NO2S2. The summed E-state index contributed by atoms with van der Waals surface area (Å²) in [6, 6.07) is 10.5. The maximum absolute atomic E-state index is 13.6. The first-order chi connectivity index (χ1) is 9.90. The lowest BCUT2D eigenvalue weighted by atomic mass is 10.3. The molecule has 0 heterocycles. The van der Waals surface area contributed by atoms with Crippen LogP contribution in [-0.4, -0.2) is 14.2 Å². The van der Waals surface area contributed by atoms with E-state index in [1.54, 1.807) is 0 Å². The van der Waals surface area contributed by atoms with Gasteiger partial charge < -0.3 is 0 Å². The Kier molecular flexibility index (Phi) is 4.79. The number of hydrogen-bond acceptors (Lipinski definition) is 3. The second-order valence-electron chi connectivity index (χ2n) is 3.91. The summed E-state index contributed by atoms with van der Waals surface area (Å²) < 4.78 is 64.8. The Hall–Kier alpha value is -1.67. The number of para-hydroxylation sites is 1. The summed E-state index contributed by atoms with van der Waals surface area (Å²) >= 11 is 0.211. The van der Waals surface area contributed by atoms with Gasteiger partial charge in [-0.3, -0.25) is 4.72 Å². The molecule has 0 spiro atoms. The summed E-state index contributed by atoms with van der Waals surface area (Å²) in [5.74, 6) is -3.60. The van der Waals surface area contributed by atoms with E-state index in [1.165, 1.54) is 36.4 Å². The fourth-order valence-electron chi connectivity index (χ4n) is 1.61. The highest BCUT2D eigenvalue weighted by atomic mass is 32.2. The summed E-state index contributed by atoms with van der Waals surface area (Å²) in [6.07, 6.45) is 0. The van der Waals surface area contributed by atoms with Crippen molar-refractivity contribution in [2.45, 2.75) is 15.5 Å². The number of anilines is 1. The topological polar surface area (TPSA) is 46.2 Å². The summed E-state index contributed by atoms with van der Waals surface area (Å²) in [7, 11) is -4.19. The molecule has 0 aromatic heterocycles. The summed E-state index contributed by atoms with van der Waals surface area (Å²) in [5.41, 5.74) is -0.0222. The smallest absolute Gasteiger partial charge is 0.278 e. The molecule has 0 aliphatic heterocycles. The average Bonchev–Trinajstić information content (AvgIpc) is 2.40. The molecule has 3 nitrogen and oxygen atoms in total. The number of thioether (sulfide) groups is 1. The van der Waals surface area contributed by atoms with Gasteiger partial charge in [-0.25, -0.2) is 12.8 Å². The van der Waals surface area contributed by atoms with E-state index in [-0.39, 0.29) is 22.3 Å². The zero-order chi connectivity index (χ0) is 15.5. The van der Waals surface area contributed by atoms with Gasteiger partial charge in [0.15, 0.2) is 0 Å². The fraction of sp³-hybridized carbons (Fsp3) is 0.0769. The van der Waals surface area contributed by atoms with Crippen molar-refractivity contribution >= 4 is 27.5 Å². The maximum atomic E-state index is 13.6. The molecule has 0 saturated heterocycles. The summed E-state index contributed by atoms with van der Waals surface area (Å²) in [4.78, 5) is -0.478. The van der Waals surface area contributed by atoms with Crippen LogP contribution in [0.3, 0.4) is 0 Å². The van der Waals surface area contributed by atoms with Crippen molar-refractivity contribution in [2.24, 2.45) is 0 Å². The molecule has 0 aliphatic carbocycles. The van der Waals surface area contributed by atoms with E-state index in [1.807, 2.05) is 0 Å².